The second-order valence-electron chi connectivity index (χ2n) is 3.46. The molecule has 0 saturated carbocycles. The van der Waals surface area contributed by atoms with E-state index in [2.05, 4.69) is 0 Å². The lowest BCUT2D eigenvalue weighted by Gasteiger charge is -2.13. The van der Waals surface area contributed by atoms with Crippen molar-refractivity contribution in [3.63, 3.8) is 0 Å². The second kappa shape index (κ2) is 6.16. The average molecular weight is 222 g/mol. The molecule has 0 spiro atoms. The van der Waals surface area contributed by atoms with E-state index in [1.165, 1.54) is 0 Å². The van der Waals surface area contributed by atoms with Gasteiger partial charge in [0.15, 0.2) is 17.3 Å². The van der Waals surface area contributed by atoms with Crippen LogP contribution in [0.2, 0.25) is 0 Å². The fourth-order valence-electron chi connectivity index (χ4n) is 1.44. The summed E-state index contributed by atoms with van der Waals surface area (Å²) >= 11 is 0. The van der Waals surface area contributed by atoms with Gasteiger partial charge in [0.2, 0.25) is 0 Å². The Morgan fingerprint density at radius 3 is 2.62 bits per heavy atom. The van der Waals surface area contributed by atoms with Crippen molar-refractivity contribution in [2.45, 2.75) is 26.7 Å². The number of rotatable bonds is 6. The summed E-state index contributed by atoms with van der Waals surface area (Å²) in [6, 6.07) is 5.39. The van der Waals surface area contributed by atoms with E-state index in [0.717, 1.165) is 6.42 Å². The molecule has 1 rings (SSSR count). The van der Waals surface area contributed by atoms with Crippen LogP contribution in [0.3, 0.4) is 0 Å². The number of ether oxygens (including phenoxy) is 2. The van der Waals surface area contributed by atoms with Crippen molar-refractivity contribution in [1.29, 1.82) is 0 Å². The first-order valence-corrected chi connectivity index (χ1v) is 5.57. The third-order valence-electron chi connectivity index (χ3n) is 2.27. The van der Waals surface area contributed by atoms with Gasteiger partial charge < -0.3 is 9.47 Å². The van der Waals surface area contributed by atoms with Gasteiger partial charge in [0.25, 0.3) is 0 Å². The zero-order chi connectivity index (χ0) is 12.0. The fourth-order valence-corrected chi connectivity index (χ4v) is 1.44. The maximum absolute atomic E-state index is 11.7. The van der Waals surface area contributed by atoms with Gasteiger partial charge in [-0.15, -0.1) is 0 Å². The molecule has 0 aromatic heterocycles. The molecule has 0 bridgehead atoms. The number of ketones is 1. The van der Waals surface area contributed by atoms with E-state index >= 15 is 0 Å². The molecule has 0 aliphatic heterocycles. The molecule has 0 N–H and O–H groups in total. The van der Waals surface area contributed by atoms with Crippen LogP contribution in [0, 0.1) is 0 Å². The standard InChI is InChI=1S/C13H18O3/c1-4-9-16-13-10(11(14)5-2)7-6-8-12(13)15-3/h6-8H,4-5,9H2,1-3H3. The van der Waals surface area contributed by atoms with Gasteiger partial charge in [-0.25, -0.2) is 0 Å². The molecule has 0 aliphatic rings. The molecule has 0 amide bonds. The van der Waals surface area contributed by atoms with E-state index in [1.807, 2.05) is 13.8 Å². The van der Waals surface area contributed by atoms with Crippen LogP contribution in [0.15, 0.2) is 18.2 Å². The molecule has 0 heterocycles. The van der Waals surface area contributed by atoms with Gasteiger partial charge in [-0.1, -0.05) is 19.9 Å². The summed E-state index contributed by atoms with van der Waals surface area (Å²) in [6.45, 7) is 4.45. The number of Topliss-reactive ketones (excluding diaryl/α,β-unsaturated/α-hetero) is 1. The molecule has 0 aliphatic carbocycles. The quantitative estimate of drug-likeness (QED) is 0.694. The van der Waals surface area contributed by atoms with Crippen molar-refractivity contribution < 1.29 is 14.3 Å². The van der Waals surface area contributed by atoms with Gasteiger partial charge in [-0.2, -0.15) is 0 Å². The van der Waals surface area contributed by atoms with Crippen molar-refractivity contribution >= 4 is 5.78 Å². The van der Waals surface area contributed by atoms with Gasteiger partial charge in [-0.3, -0.25) is 4.79 Å². The van der Waals surface area contributed by atoms with Crippen molar-refractivity contribution in [2.24, 2.45) is 0 Å². The molecule has 0 radical (unpaired) electrons. The Balaban J connectivity index is 3.09. The summed E-state index contributed by atoms with van der Waals surface area (Å²) in [5.41, 5.74) is 0.607. The van der Waals surface area contributed by atoms with Crippen molar-refractivity contribution in [3.8, 4) is 11.5 Å². The lowest BCUT2D eigenvalue weighted by molar-refractivity contribution is 0.0983. The summed E-state index contributed by atoms with van der Waals surface area (Å²) in [6.07, 6.45) is 1.37. The third-order valence-corrected chi connectivity index (χ3v) is 2.27. The predicted octanol–water partition coefficient (Wildman–Crippen LogP) is 3.08. The van der Waals surface area contributed by atoms with E-state index in [4.69, 9.17) is 9.47 Å². The van der Waals surface area contributed by atoms with Gasteiger partial charge in [-0.05, 0) is 18.6 Å². The summed E-state index contributed by atoms with van der Waals surface area (Å²) in [7, 11) is 1.58. The second-order valence-corrected chi connectivity index (χ2v) is 3.46. The lowest BCUT2D eigenvalue weighted by Crippen LogP contribution is -2.05. The SMILES string of the molecule is CCCOc1c(OC)cccc1C(=O)CC. The molecule has 1 aromatic rings. The van der Waals surface area contributed by atoms with Crippen LogP contribution in [0.4, 0.5) is 0 Å². The van der Waals surface area contributed by atoms with Crippen molar-refractivity contribution in [3.05, 3.63) is 23.8 Å². The van der Waals surface area contributed by atoms with E-state index in [0.29, 0.717) is 30.1 Å². The summed E-state index contributed by atoms with van der Waals surface area (Å²) in [4.78, 5) is 11.7. The highest BCUT2D eigenvalue weighted by atomic mass is 16.5. The first-order chi connectivity index (χ1) is 7.74. The molecular formula is C13H18O3. The Hall–Kier alpha value is -1.51. The minimum atomic E-state index is 0.0741. The number of para-hydroxylation sites is 1. The van der Waals surface area contributed by atoms with Gasteiger partial charge in [0.05, 0.1) is 19.3 Å². The van der Waals surface area contributed by atoms with E-state index in [1.54, 1.807) is 25.3 Å². The highest BCUT2D eigenvalue weighted by molar-refractivity contribution is 5.99. The molecule has 0 saturated heterocycles. The minimum Gasteiger partial charge on any atom is -0.493 e. The average Bonchev–Trinajstić information content (AvgIpc) is 2.34. The van der Waals surface area contributed by atoms with Crippen LogP contribution in [0.25, 0.3) is 0 Å². The molecule has 0 unspecified atom stereocenters. The number of hydrogen-bond donors (Lipinski definition) is 0. The Morgan fingerprint density at radius 1 is 1.31 bits per heavy atom. The first-order valence-electron chi connectivity index (χ1n) is 5.57. The zero-order valence-electron chi connectivity index (χ0n) is 10.1. The molecule has 1 aromatic carbocycles. The Labute approximate surface area is 96.4 Å². The van der Waals surface area contributed by atoms with Crippen LogP contribution >= 0.6 is 0 Å². The Bertz CT molecular complexity index is 358. The molecule has 16 heavy (non-hydrogen) atoms. The van der Waals surface area contributed by atoms with Crippen LogP contribution < -0.4 is 9.47 Å². The van der Waals surface area contributed by atoms with Gasteiger partial charge >= 0.3 is 0 Å². The third kappa shape index (κ3) is 2.75. The summed E-state index contributed by atoms with van der Waals surface area (Å²) < 4.78 is 10.8. The summed E-state index contributed by atoms with van der Waals surface area (Å²) in [5.74, 6) is 1.26. The largest absolute Gasteiger partial charge is 0.493 e. The number of carbonyl (C=O) groups is 1. The highest BCUT2D eigenvalue weighted by Gasteiger charge is 2.15. The van der Waals surface area contributed by atoms with Gasteiger partial charge in [0.1, 0.15) is 0 Å². The predicted molar refractivity (Wildman–Crippen MR) is 63.4 cm³/mol. The number of methoxy groups -OCH3 is 1. The molecule has 0 atom stereocenters. The first kappa shape index (κ1) is 12.6. The lowest BCUT2D eigenvalue weighted by atomic mass is 10.1. The molecular weight excluding hydrogens is 204 g/mol. The van der Waals surface area contributed by atoms with Crippen LogP contribution in [0.5, 0.6) is 11.5 Å². The maximum atomic E-state index is 11.7. The van der Waals surface area contributed by atoms with Crippen molar-refractivity contribution in [2.75, 3.05) is 13.7 Å². The van der Waals surface area contributed by atoms with Crippen LogP contribution in [-0.2, 0) is 0 Å². The molecule has 3 heteroatoms. The van der Waals surface area contributed by atoms with E-state index < -0.39 is 0 Å². The molecule has 0 fully saturated rings. The Morgan fingerprint density at radius 2 is 2.06 bits per heavy atom. The van der Waals surface area contributed by atoms with Crippen molar-refractivity contribution in [1.82, 2.24) is 0 Å². The topological polar surface area (TPSA) is 35.5 Å². The highest BCUT2D eigenvalue weighted by Crippen LogP contribution is 2.31. The number of benzene rings is 1. The van der Waals surface area contributed by atoms with Crippen LogP contribution in [0.1, 0.15) is 37.0 Å². The normalized spacial score (nSPS) is 9.94. The monoisotopic (exact) mass is 222 g/mol. The maximum Gasteiger partial charge on any atom is 0.171 e. The summed E-state index contributed by atoms with van der Waals surface area (Å²) in [5, 5.41) is 0. The minimum absolute atomic E-state index is 0.0741. The number of carbonyl (C=O) groups excluding carboxylic acids is 1. The van der Waals surface area contributed by atoms with E-state index in [-0.39, 0.29) is 5.78 Å². The van der Waals surface area contributed by atoms with Crippen LogP contribution in [-0.4, -0.2) is 19.5 Å². The molecule has 88 valence electrons. The van der Waals surface area contributed by atoms with E-state index in [9.17, 15) is 4.79 Å². The smallest absolute Gasteiger partial charge is 0.171 e. The molecule has 3 nitrogen and oxygen atoms in total. The number of hydrogen-bond acceptors (Lipinski definition) is 3. The zero-order valence-corrected chi connectivity index (χ0v) is 10.1. The Kier molecular flexibility index (Phi) is 4.83. The van der Waals surface area contributed by atoms with Gasteiger partial charge in [0, 0.05) is 6.42 Å². The fraction of sp³-hybridized carbons (Fsp3) is 0.462.